The van der Waals surface area contributed by atoms with Gasteiger partial charge in [-0.05, 0) is 31.5 Å². The van der Waals surface area contributed by atoms with Crippen molar-refractivity contribution in [2.45, 2.75) is 20.3 Å². The van der Waals surface area contributed by atoms with Crippen molar-refractivity contribution >= 4 is 28.1 Å². The van der Waals surface area contributed by atoms with Crippen molar-refractivity contribution in [3.8, 4) is 5.75 Å². The normalized spacial score (nSPS) is 10.4. The molecule has 0 radical (unpaired) electrons. The Morgan fingerprint density at radius 1 is 1.53 bits per heavy atom. The number of rotatable bonds is 3. The van der Waals surface area contributed by atoms with Crippen LogP contribution in [0.15, 0.2) is 18.2 Å². The number of carbonyl (C=O) groups is 1. The van der Waals surface area contributed by atoms with Crippen LogP contribution in [0, 0.1) is 6.92 Å². The van der Waals surface area contributed by atoms with Crippen molar-refractivity contribution in [1.29, 1.82) is 0 Å². The van der Waals surface area contributed by atoms with E-state index in [4.69, 9.17) is 5.73 Å². The minimum Gasteiger partial charge on any atom is -0.508 e. The number of hydrogen-bond donors (Lipinski definition) is 3. The Hall–Kier alpha value is -2.08. The highest BCUT2D eigenvalue weighted by Crippen LogP contribution is 2.24. The number of nitrogens with one attached hydrogen (secondary N) is 1. The summed E-state index contributed by atoms with van der Waals surface area (Å²) >= 11 is 1.43. The smallest absolute Gasteiger partial charge is 0.259 e. The Morgan fingerprint density at radius 2 is 2.26 bits per heavy atom. The zero-order valence-corrected chi connectivity index (χ0v) is 11.5. The van der Waals surface area contributed by atoms with Gasteiger partial charge >= 0.3 is 0 Å². The fourth-order valence-corrected chi connectivity index (χ4v) is 2.61. The first-order chi connectivity index (χ1) is 9.01. The summed E-state index contributed by atoms with van der Waals surface area (Å²) in [5.41, 5.74) is 7.25. The van der Waals surface area contributed by atoms with Crippen LogP contribution in [-0.2, 0) is 6.42 Å². The molecule has 0 saturated heterocycles. The molecule has 0 bridgehead atoms. The van der Waals surface area contributed by atoms with E-state index < -0.39 is 0 Å². The van der Waals surface area contributed by atoms with Crippen molar-refractivity contribution in [2.75, 3.05) is 11.1 Å². The molecule has 1 aromatic heterocycles. The van der Waals surface area contributed by atoms with E-state index in [9.17, 15) is 9.90 Å². The minimum absolute atomic E-state index is 0.00363. The molecule has 0 spiro atoms. The zero-order valence-electron chi connectivity index (χ0n) is 10.7. The number of phenolic OH excluding ortho intramolecular Hbond substituents is 1. The van der Waals surface area contributed by atoms with E-state index in [1.165, 1.54) is 29.5 Å². The summed E-state index contributed by atoms with van der Waals surface area (Å²) in [6, 6.07) is 4.27. The molecule has 0 aliphatic rings. The minimum atomic E-state index is -0.371. The van der Waals surface area contributed by atoms with Crippen LogP contribution < -0.4 is 11.1 Å². The summed E-state index contributed by atoms with van der Waals surface area (Å²) in [4.78, 5) is 17.5. The van der Waals surface area contributed by atoms with Crippen LogP contribution in [0.1, 0.15) is 27.9 Å². The fourth-order valence-electron chi connectivity index (χ4n) is 1.71. The zero-order chi connectivity index (χ0) is 14.0. The molecule has 0 unspecified atom stereocenters. The van der Waals surface area contributed by atoms with Gasteiger partial charge in [-0.1, -0.05) is 6.92 Å². The number of aromatic hydroxyl groups is 1. The number of nitrogens with two attached hydrogens (primary N) is 1. The molecule has 1 heterocycles. The Kier molecular flexibility index (Phi) is 3.71. The first-order valence-corrected chi connectivity index (χ1v) is 6.69. The van der Waals surface area contributed by atoms with Crippen molar-refractivity contribution in [3.05, 3.63) is 34.3 Å². The number of aryl methyl sites for hydroxylation is 2. The van der Waals surface area contributed by atoms with Gasteiger partial charge in [0.05, 0.1) is 11.3 Å². The summed E-state index contributed by atoms with van der Waals surface area (Å²) in [5, 5.41) is 12.6. The van der Waals surface area contributed by atoms with Gasteiger partial charge in [-0.25, -0.2) is 4.98 Å². The van der Waals surface area contributed by atoms with Crippen LogP contribution in [0.25, 0.3) is 0 Å². The van der Waals surface area contributed by atoms with E-state index in [0.29, 0.717) is 10.8 Å². The van der Waals surface area contributed by atoms with Crippen molar-refractivity contribution < 1.29 is 9.90 Å². The summed E-state index contributed by atoms with van der Waals surface area (Å²) in [5.74, 6) is -0.367. The van der Waals surface area contributed by atoms with E-state index in [-0.39, 0.29) is 17.2 Å². The lowest BCUT2D eigenvalue weighted by Gasteiger charge is -2.05. The highest BCUT2D eigenvalue weighted by Gasteiger charge is 2.14. The molecule has 2 rings (SSSR count). The highest BCUT2D eigenvalue weighted by atomic mass is 32.1. The molecule has 1 amide bonds. The fraction of sp³-hybridized carbons (Fsp3) is 0.231. The number of phenols is 1. The highest BCUT2D eigenvalue weighted by molar-refractivity contribution is 7.15. The van der Waals surface area contributed by atoms with E-state index in [0.717, 1.165) is 17.0 Å². The maximum absolute atomic E-state index is 12.1. The van der Waals surface area contributed by atoms with Gasteiger partial charge in [0.25, 0.3) is 5.91 Å². The third-order valence-electron chi connectivity index (χ3n) is 2.73. The maximum Gasteiger partial charge on any atom is 0.259 e. The predicted molar refractivity (Wildman–Crippen MR) is 76.7 cm³/mol. The topological polar surface area (TPSA) is 88.2 Å². The van der Waals surface area contributed by atoms with Crippen LogP contribution in [0.4, 0.5) is 10.8 Å². The average molecular weight is 277 g/mol. The number of anilines is 2. The standard InChI is InChI=1S/C13H15N3O2S/c1-3-11-7(2)19-13(15-11)16-12(18)9-6-8(17)4-5-10(9)14/h4-6,17H,3,14H2,1-2H3,(H,15,16,18). The number of amides is 1. The molecule has 0 saturated carbocycles. The quantitative estimate of drug-likeness (QED) is 0.594. The monoisotopic (exact) mass is 277 g/mol. The maximum atomic E-state index is 12.1. The number of nitrogen functional groups attached to an aromatic ring is 1. The number of hydrogen-bond acceptors (Lipinski definition) is 5. The number of benzene rings is 1. The summed E-state index contributed by atoms with van der Waals surface area (Å²) in [7, 11) is 0. The Morgan fingerprint density at radius 3 is 2.89 bits per heavy atom. The Bertz CT molecular complexity index is 622. The summed E-state index contributed by atoms with van der Waals surface area (Å²) in [6.45, 7) is 3.98. The van der Waals surface area contributed by atoms with Crippen molar-refractivity contribution in [1.82, 2.24) is 4.98 Å². The van der Waals surface area contributed by atoms with Gasteiger partial charge in [-0.15, -0.1) is 11.3 Å². The molecular formula is C13H15N3O2S. The van der Waals surface area contributed by atoms with Gasteiger partial charge in [-0.3, -0.25) is 10.1 Å². The van der Waals surface area contributed by atoms with Crippen LogP contribution in [0.2, 0.25) is 0 Å². The average Bonchev–Trinajstić information content (AvgIpc) is 2.72. The molecule has 6 heteroatoms. The van der Waals surface area contributed by atoms with E-state index >= 15 is 0 Å². The number of carbonyl (C=O) groups excluding carboxylic acids is 1. The molecule has 1 aromatic carbocycles. The first kappa shape index (κ1) is 13.4. The lowest BCUT2D eigenvalue weighted by atomic mass is 10.1. The Labute approximate surface area is 115 Å². The second-order valence-corrected chi connectivity index (χ2v) is 5.30. The molecule has 100 valence electrons. The third-order valence-corrected chi connectivity index (χ3v) is 3.66. The molecular weight excluding hydrogens is 262 g/mol. The van der Waals surface area contributed by atoms with E-state index in [1.807, 2.05) is 13.8 Å². The van der Waals surface area contributed by atoms with Crippen LogP contribution >= 0.6 is 11.3 Å². The SMILES string of the molecule is CCc1nc(NC(=O)c2cc(O)ccc2N)sc1C. The summed E-state index contributed by atoms with van der Waals surface area (Å²) < 4.78 is 0. The molecule has 0 aliphatic carbocycles. The number of thiazole rings is 1. The predicted octanol–water partition coefficient (Wildman–Crippen LogP) is 2.55. The lowest BCUT2D eigenvalue weighted by molar-refractivity contribution is 0.102. The third kappa shape index (κ3) is 2.85. The molecule has 0 fully saturated rings. The molecule has 2 aromatic rings. The van der Waals surface area contributed by atoms with Gasteiger partial charge in [0.15, 0.2) is 5.13 Å². The van der Waals surface area contributed by atoms with Gasteiger partial charge in [-0.2, -0.15) is 0 Å². The van der Waals surface area contributed by atoms with Gasteiger partial charge in [0, 0.05) is 10.6 Å². The molecule has 0 atom stereocenters. The summed E-state index contributed by atoms with van der Waals surface area (Å²) in [6.07, 6.45) is 0.826. The van der Waals surface area contributed by atoms with Gasteiger partial charge < -0.3 is 10.8 Å². The van der Waals surface area contributed by atoms with Crippen LogP contribution in [-0.4, -0.2) is 16.0 Å². The lowest BCUT2D eigenvalue weighted by Crippen LogP contribution is -2.13. The molecule has 4 N–H and O–H groups in total. The molecule has 19 heavy (non-hydrogen) atoms. The van der Waals surface area contributed by atoms with Gasteiger partial charge in [0.1, 0.15) is 5.75 Å². The van der Waals surface area contributed by atoms with Crippen LogP contribution in [0.5, 0.6) is 5.75 Å². The Balaban J connectivity index is 2.22. The second kappa shape index (κ2) is 5.27. The first-order valence-electron chi connectivity index (χ1n) is 5.87. The van der Waals surface area contributed by atoms with Crippen LogP contribution in [0.3, 0.4) is 0 Å². The number of nitrogens with zero attached hydrogens (tertiary/aromatic N) is 1. The van der Waals surface area contributed by atoms with Crippen molar-refractivity contribution in [2.24, 2.45) is 0 Å². The second-order valence-electron chi connectivity index (χ2n) is 4.10. The largest absolute Gasteiger partial charge is 0.508 e. The molecule has 5 nitrogen and oxygen atoms in total. The van der Waals surface area contributed by atoms with E-state index in [2.05, 4.69) is 10.3 Å². The van der Waals surface area contributed by atoms with Gasteiger partial charge in [0.2, 0.25) is 0 Å². The van der Waals surface area contributed by atoms with E-state index in [1.54, 1.807) is 0 Å². The molecule has 0 aliphatic heterocycles. The van der Waals surface area contributed by atoms with Crippen molar-refractivity contribution in [3.63, 3.8) is 0 Å². The number of aromatic nitrogens is 1.